The summed E-state index contributed by atoms with van der Waals surface area (Å²) in [6, 6.07) is 0. The Kier molecular flexibility index (Phi) is 3.51. The monoisotopic (exact) mass is 258 g/mol. The zero-order valence-electron chi connectivity index (χ0n) is 10.1. The van der Waals surface area contributed by atoms with Crippen molar-refractivity contribution in [3.05, 3.63) is 0 Å². The second-order valence-electron chi connectivity index (χ2n) is 4.28. The molecule has 0 aliphatic carbocycles. The minimum absolute atomic E-state index is 0.0299. The van der Waals surface area contributed by atoms with E-state index in [1.165, 1.54) is 13.8 Å². The van der Waals surface area contributed by atoms with Crippen LogP contribution in [-0.4, -0.2) is 43.0 Å². The van der Waals surface area contributed by atoms with Gasteiger partial charge in [0.05, 0.1) is 12.3 Å². The zero-order valence-corrected chi connectivity index (χ0v) is 10.1. The molecule has 18 heavy (non-hydrogen) atoms. The third kappa shape index (κ3) is 2.61. The lowest BCUT2D eigenvalue weighted by Gasteiger charge is -2.20. The van der Waals surface area contributed by atoms with Crippen molar-refractivity contribution in [1.29, 1.82) is 0 Å². The Labute approximate surface area is 103 Å². The van der Waals surface area contributed by atoms with Crippen LogP contribution < -0.4 is 0 Å². The highest BCUT2D eigenvalue weighted by Crippen LogP contribution is 2.37. The number of carbonyl (C=O) groups is 3. The summed E-state index contributed by atoms with van der Waals surface area (Å²) >= 11 is 0. The van der Waals surface area contributed by atoms with E-state index in [4.69, 9.17) is 18.9 Å². The Morgan fingerprint density at radius 2 is 2.06 bits per heavy atom. The Hall–Kier alpha value is -1.63. The molecule has 0 aromatic carbocycles. The summed E-state index contributed by atoms with van der Waals surface area (Å²) in [7, 11) is 0. The van der Waals surface area contributed by atoms with Crippen molar-refractivity contribution >= 4 is 17.9 Å². The number of ether oxygens (including phenoxy) is 4. The van der Waals surface area contributed by atoms with E-state index >= 15 is 0 Å². The first kappa shape index (κ1) is 12.8. The highest BCUT2D eigenvalue weighted by molar-refractivity contribution is 5.72. The molecule has 7 heteroatoms. The minimum Gasteiger partial charge on any atom is -0.463 e. The standard InChI is InChI=1S/C11H14O7/c1-5(12)15-4-8-10(16-6(2)13)7-3-9(14)18-11(7)17-8/h7-8,10-11H,3-4H2,1-2H3/t7-,8-,10-,11-/m1/s1. The molecule has 100 valence electrons. The highest BCUT2D eigenvalue weighted by atomic mass is 16.7. The van der Waals surface area contributed by atoms with Crippen LogP contribution in [0, 0.1) is 5.92 Å². The first-order chi connectivity index (χ1) is 8.47. The number of hydrogen-bond acceptors (Lipinski definition) is 7. The molecular weight excluding hydrogens is 244 g/mol. The quantitative estimate of drug-likeness (QED) is 0.510. The van der Waals surface area contributed by atoms with Gasteiger partial charge in [-0.15, -0.1) is 0 Å². The van der Waals surface area contributed by atoms with Crippen LogP contribution in [0.5, 0.6) is 0 Å². The lowest BCUT2D eigenvalue weighted by atomic mass is 9.99. The highest BCUT2D eigenvalue weighted by Gasteiger charge is 2.53. The molecule has 0 unspecified atom stereocenters. The van der Waals surface area contributed by atoms with Gasteiger partial charge in [0.2, 0.25) is 6.29 Å². The molecule has 0 aromatic rings. The van der Waals surface area contributed by atoms with Gasteiger partial charge >= 0.3 is 17.9 Å². The summed E-state index contributed by atoms with van der Waals surface area (Å²) in [6.45, 7) is 2.52. The van der Waals surface area contributed by atoms with Gasteiger partial charge < -0.3 is 18.9 Å². The molecule has 2 saturated heterocycles. The normalized spacial score (nSPS) is 33.8. The second-order valence-corrected chi connectivity index (χ2v) is 4.28. The summed E-state index contributed by atoms with van der Waals surface area (Å²) in [5, 5.41) is 0. The Morgan fingerprint density at radius 1 is 1.33 bits per heavy atom. The number of hydrogen-bond donors (Lipinski definition) is 0. The Bertz CT molecular complexity index is 378. The van der Waals surface area contributed by atoms with Crippen LogP contribution in [0.15, 0.2) is 0 Å². The molecule has 2 heterocycles. The fourth-order valence-electron chi connectivity index (χ4n) is 2.17. The van der Waals surface area contributed by atoms with Crippen molar-refractivity contribution in [2.75, 3.05) is 6.61 Å². The van der Waals surface area contributed by atoms with Gasteiger partial charge in [0.1, 0.15) is 18.8 Å². The van der Waals surface area contributed by atoms with E-state index in [1.807, 2.05) is 0 Å². The first-order valence-electron chi connectivity index (χ1n) is 5.63. The second kappa shape index (κ2) is 4.93. The molecule has 2 aliphatic heterocycles. The average Bonchev–Trinajstić information content (AvgIpc) is 2.73. The molecule has 7 nitrogen and oxygen atoms in total. The van der Waals surface area contributed by atoms with Crippen molar-refractivity contribution in [3.8, 4) is 0 Å². The van der Waals surface area contributed by atoms with Crippen molar-refractivity contribution in [2.24, 2.45) is 5.92 Å². The lowest BCUT2D eigenvalue weighted by Crippen LogP contribution is -2.35. The Morgan fingerprint density at radius 3 is 2.67 bits per heavy atom. The average molecular weight is 258 g/mol. The van der Waals surface area contributed by atoms with Crippen LogP contribution >= 0.6 is 0 Å². The number of esters is 3. The van der Waals surface area contributed by atoms with Gasteiger partial charge in [-0.05, 0) is 0 Å². The number of carbonyl (C=O) groups excluding carboxylic acids is 3. The topological polar surface area (TPSA) is 88.1 Å². The summed E-state index contributed by atoms with van der Waals surface area (Å²) in [5.74, 6) is -1.64. The van der Waals surface area contributed by atoms with E-state index in [-0.39, 0.29) is 24.9 Å². The van der Waals surface area contributed by atoms with Crippen LogP contribution in [0.3, 0.4) is 0 Å². The van der Waals surface area contributed by atoms with Crippen molar-refractivity contribution in [3.63, 3.8) is 0 Å². The lowest BCUT2D eigenvalue weighted by molar-refractivity contribution is -0.174. The van der Waals surface area contributed by atoms with Gasteiger partial charge in [-0.1, -0.05) is 0 Å². The summed E-state index contributed by atoms with van der Waals surface area (Å²) in [6.07, 6.45) is -1.80. The van der Waals surface area contributed by atoms with Gasteiger partial charge in [0.25, 0.3) is 0 Å². The van der Waals surface area contributed by atoms with E-state index in [9.17, 15) is 14.4 Å². The van der Waals surface area contributed by atoms with Gasteiger partial charge in [-0.3, -0.25) is 14.4 Å². The van der Waals surface area contributed by atoms with Crippen LogP contribution in [0.2, 0.25) is 0 Å². The molecule has 2 fully saturated rings. The maximum atomic E-state index is 11.1. The van der Waals surface area contributed by atoms with Crippen LogP contribution in [-0.2, 0) is 33.3 Å². The fraction of sp³-hybridized carbons (Fsp3) is 0.727. The predicted molar refractivity (Wildman–Crippen MR) is 55.0 cm³/mol. The third-order valence-electron chi connectivity index (χ3n) is 2.85. The van der Waals surface area contributed by atoms with E-state index < -0.39 is 30.4 Å². The third-order valence-corrected chi connectivity index (χ3v) is 2.85. The molecule has 0 bridgehead atoms. The van der Waals surface area contributed by atoms with E-state index in [1.54, 1.807) is 0 Å². The van der Waals surface area contributed by atoms with Crippen LogP contribution in [0.4, 0.5) is 0 Å². The van der Waals surface area contributed by atoms with Crippen LogP contribution in [0.1, 0.15) is 20.3 Å². The molecule has 0 radical (unpaired) electrons. The van der Waals surface area contributed by atoms with Crippen molar-refractivity contribution in [2.45, 2.75) is 38.8 Å². The van der Waals surface area contributed by atoms with Crippen molar-refractivity contribution in [1.82, 2.24) is 0 Å². The maximum absolute atomic E-state index is 11.1. The van der Waals surface area contributed by atoms with Crippen LogP contribution in [0.25, 0.3) is 0 Å². The van der Waals surface area contributed by atoms with E-state index in [0.29, 0.717) is 0 Å². The first-order valence-corrected chi connectivity index (χ1v) is 5.63. The molecule has 0 amide bonds. The summed E-state index contributed by atoms with van der Waals surface area (Å²) < 4.78 is 20.3. The largest absolute Gasteiger partial charge is 0.463 e. The predicted octanol–water partition coefficient (Wildman–Crippen LogP) is -0.231. The molecule has 2 aliphatic rings. The number of rotatable bonds is 3. The molecule has 0 saturated carbocycles. The van der Waals surface area contributed by atoms with E-state index in [2.05, 4.69) is 0 Å². The van der Waals surface area contributed by atoms with Gasteiger partial charge in [-0.25, -0.2) is 0 Å². The fourth-order valence-corrected chi connectivity index (χ4v) is 2.17. The van der Waals surface area contributed by atoms with Crippen molar-refractivity contribution < 1.29 is 33.3 Å². The molecule has 0 spiro atoms. The van der Waals surface area contributed by atoms with E-state index in [0.717, 1.165) is 0 Å². The maximum Gasteiger partial charge on any atom is 0.308 e. The molecule has 0 aromatic heterocycles. The minimum atomic E-state index is -0.720. The molecule has 0 N–H and O–H groups in total. The summed E-state index contributed by atoms with van der Waals surface area (Å²) in [4.78, 5) is 32.9. The van der Waals surface area contributed by atoms with Gasteiger partial charge in [0, 0.05) is 13.8 Å². The van der Waals surface area contributed by atoms with Gasteiger partial charge in [-0.2, -0.15) is 0 Å². The SMILES string of the molecule is CC(=O)OC[C@H]1O[C@@H]2OC(=O)C[C@@H]2[C@H]1OC(C)=O. The molecule has 2 rings (SSSR count). The molecular formula is C11H14O7. The zero-order chi connectivity index (χ0) is 13.3. The van der Waals surface area contributed by atoms with Gasteiger partial charge in [0.15, 0.2) is 0 Å². The summed E-state index contributed by atoms with van der Waals surface area (Å²) in [5.41, 5.74) is 0. The number of fused-ring (bicyclic) bond motifs is 1. The molecule has 4 atom stereocenters. The smallest absolute Gasteiger partial charge is 0.308 e. The Balaban J connectivity index is 2.03.